The minimum absolute atomic E-state index is 0.250. The van der Waals surface area contributed by atoms with Crippen LogP contribution in [-0.2, 0) is 6.54 Å². The average molecular weight is 324 g/mol. The molecule has 0 aliphatic carbocycles. The van der Waals surface area contributed by atoms with Gasteiger partial charge in [0, 0.05) is 11.1 Å². The monoisotopic (exact) mass is 324 g/mol. The van der Waals surface area contributed by atoms with Gasteiger partial charge in [-0.2, -0.15) is 0 Å². The van der Waals surface area contributed by atoms with E-state index in [4.69, 9.17) is 0 Å². The van der Waals surface area contributed by atoms with Gasteiger partial charge in [0.2, 0.25) is 0 Å². The Bertz CT molecular complexity index is 888. The van der Waals surface area contributed by atoms with Crippen molar-refractivity contribution in [1.29, 1.82) is 0 Å². The third kappa shape index (κ3) is 3.32. The first-order valence-electron chi connectivity index (χ1n) is 7.56. The van der Waals surface area contributed by atoms with Crippen molar-refractivity contribution in [1.82, 2.24) is 15.0 Å². The van der Waals surface area contributed by atoms with Gasteiger partial charge in [-0.3, -0.25) is 4.79 Å². The van der Waals surface area contributed by atoms with Gasteiger partial charge in [-0.1, -0.05) is 41.1 Å². The molecule has 0 saturated carbocycles. The molecule has 5 nitrogen and oxygen atoms in total. The summed E-state index contributed by atoms with van der Waals surface area (Å²) in [6.07, 6.45) is 0. The molecule has 0 unspecified atom stereocenters. The van der Waals surface area contributed by atoms with E-state index in [2.05, 4.69) is 15.6 Å². The lowest BCUT2D eigenvalue weighted by molar-refractivity contribution is 0.102. The molecule has 0 spiro atoms. The minimum atomic E-state index is -0.294. The Morgan fingerprint density at radius 2 is 1.96 bits per heavy atom. The van der Waals surface area contributed by atoms with E-state index in [1.807, 2.05) is 19.1 Å². The highest BCUT2D eigenvalue weighted by Crippen LogP contribution is 2.15. The zero-order valence-corrected chi connectivity index (χ0v) is 13.5. The minimum Gasteiger partial charge on any atom is -0.303 e. The van der Waals surface area contributed by atoms with E-state index in [1.54, 1.807) is 41.9 Å². The van der Waals surface area contributed by atoms with Crippen LogP contribution in [0.5, 0.6) is 0 Å². The summed E-state index contributed by atoms with van der Waals surface area (Å²) in [5.74, 6) is -0.171. The molecule has 0 fully saturated rings. The van der Waals surface area contributed by atoms with Gasteiger partial charge in [-0.15, -0.1) is 5.10 Å². The van der Waals surface area contributed by atoms with Crippen LogP contribution in [0, 0.1) is 19.7 Å². The first kappa shape index (κ1) is 15.9. The molecule has 3 aromatic rings. The zero-order valence-electron chi connectivity index (χ0n) is 13.5. The van der Waals surface area contributed by atoms with Gasteiger partial charge in [0.25, 0.3) is 5.91 Å². The van der Waals surface area contributed by atoms with Gasteiger partial charge >= 0.3 is 0 Å². The number of halogens is 1. The quantitative estimate of drug-likeness (QED) is 0.801. The van der Waals surface area contributed by atoms with Crippen molar-refractivity contribution in [3.63, 3.8) is 0 Å². The van der Waals surface area contributed by atoms with E-state index in [0.29, 0.717) is 22.6 Å². The van der Waals surface area contributed by atoms with Crippen molar-refractivity contribution < 1.29 is 9.18 Å². The molecule has 1 aromatic heterocycles. The molecule has 24 heavy (non-hydrogen) atoms. The van der Waals surface area contributed by atoms with Crippen molar-refractivity contribution in [3.05, 3.63) is 76.7 Å². The predicted molar refractivity (Wildman–Crippen MR) is 89.4 cm³/mol. The van der Waals surface area contributed by atoms with Gasteiger partial charge in [0.05, 0.1) is 12.2 Å². The number of aromatic nitrogens is 3. The lowest BCUT2D eigenvalue weighted by Crippen LogP contribution is -2.13. The molecule has 0 aliphatic rings. The summed E-state index contributed by atoms with van der Waals surface area (Å²) in [4.78, 5) is 12.3. The Balaban J connectivity index is 1.78. The summed E-state index contributed by atoms with van der Waals surface area (Å²) in [5.41, 5.74) is 2.74. The number of carbonyl (C=O) groups is 1. The lowest BCUT2D eigenvalue weighted by Gasteiger charge is -2.06. The molecule has 0 saturated heterocycles. The summed E-state index contributed by atoms with van der Waals surface area (Å²) in [6, 6.07) is 13.8. The highest BCUT2D eigenvalue weighted by Gasteiger charge is 2.14. The van der Waals surface area contributed by atoms with Crippen molar-refractivity contribution in [3.8, 4) is 0 Å². The van der Waals surface area contributed by atoms with E-state index >= 15 is 0 Å². The van der Waals surface area contributed by atoms with Crippen LogP contribution in [0.2, 0.25) is 0 Å². The van der Waals surface area contributed by atoms with Crippen molar-refractivity contribution >= 4 is 11.7 Å². The number of hydrogen-bond donors (Lipinski definition) is 1. The number of anilines is 1. The molecular formula is C18H17FN4O. The van der Waals surface area contributed by atoms with Crippen LogP contribution >= 0.6 is 0 Å². The zero-order chi connectivity index (χ0) is 17.1. The molecule has 0 atom stereocenters. The van der Waals surface area contributed by atoms with E-state index in [1.165, 1.54) is 6.07 Å². The van der Waals surface area contributed by atoms with Gasteiger partial charge in [-0.05, 0) is 32.0 Å². The molecule has 0 aliphatic heterocycles. The Hall–Kier alpha value is -3.02. The number of nitrogens with one attached hydrogen (secondary N) is 1. The number of carbonyl (C=O) groups excluding carboxylic acids is 1. The molecule has 0 bridgehead atoms. The summed E-state index contributed by atoms with van der Waals surface area (Å²) >= 11 is 0. The number of rotatable bonds is 4. The molecule has 0 radical (unpaired) electrons. The van der Waals surface area contributed by atoms with E-state index in [0.717, 1.165) is 5.56 Å². The van der Waals surface area contributed by atoms with Gasteiger partial charge < -0.3 is 5.32 Å². The fourth-order valence-electron chi connectivity index (χ4n) is 2.38. The number of hydrogen-bond acceptors (Lipinski definition) is 3. The van der Waals surface area contributed by atoms with E-state index < -0.39 is 0 Å². The van der Waals surface area contributed by atoms with E-state index in [9.17, 15) is 9.18 Å². The smallest absolute Gasteiger partial charge is 0.256 e. The van der Waals surface area contributed by atoms with Gasteiger partial charge in [0.15, 0.2) is 5.82 Å². The molecule has 122 valence electrons. The molecule has 1 N–H and O–H groups in total. The highest BCUT2D eigenvalue weighted by molar-refractivity contribution is 6.04. The lowest BCUT2D eigenvalue weighted by atomic mass is 10.1. The third-order valence-electron chi connectivity index (χ3n) is 3.77. The fraction of sp³-hybridized carbons (Fsp3) is 0.167. The fourth-order valence-corrected chi connectivity index (χ4v) is 2.38. The van der Waals surface area contributed by atoms with Crippen LogP contribution in [-0.4, -0.2) is 20.9 Å². The highest BCUT2D eigenvalue weighted by atomic mass is 19.1. The number of aryl methyl sites for hydroxylation is 1. The second-order valence-electron chi connectivity index (χ2n) is 5.60. The topological polar surface area (TPSA) is 59.8 Å². The van der Waals surface area contributed by atoms with Crippen LogP contribution in [0.25, 0.3) is 0 Å². The van der Waals surface area contributed by atoms with E-state index in [-0.39, 0.29) is 18.3 Å². The Morgan fingerprint density at radius 1 is 1.17 bits per heavy atom. The van der Waals surface area contributed by atoms with Crippen LogP contribution in [0.15, 0.2) is 48.5 Å². The average Bonchev–Trinajstić information content (AvgIpc) is 2.90. The Kier molecular flexibility index (Phi) is 4.37. The predicted octanol–water partition coefficient (Wildman–Crippen LogP) is 3.33. The standard InChI is InChI=1S/C18H17FN4O/c1-12-6-5-8-14(10-12)18(24)20-17-13(2)23(22-21-17)11-15-7-3-4-9-16(15)19/h3-10H,11H2,1-2H3,(H,20,24). The van der Waals surface area contributed by atoms with Gasteiger partial charge in [0.1, 0.15) is 5.82 Å². The van der Waals surface area contributed by atoms with Crippen molar-refractivity contribution in [2.75, 3.05) is 5.32 Å². The molecule has 1 heterocycles. The first-order chi connectivity index (χ1) is 11.5. The summed E-state index contributed by atoms with van der Waals surface area (Å²) in [7, 11) is 0. The van der Waals surface area contributed by atoms with Crippen LogP contribution in [0.4, 0.5) is 10.2 Å². The maximum Gasteiger partial charge on any atom is 0.256 e. The largest absolute Gasteiger partial charge is 0.303 e. The Labute approximate surface area is 139 Å². The first-order valence-corrected chi connectivity index (χ1v) is 7.56. The molecular weight excluding hydrogens is 307 g/mol. The summed E-state index contributed by atoms with van der Waals surface area (Å²) in [6.45, 7) is 3.96. The second-order valence-corrected chi connectivity index (χ2v) is 5.60. The van der Waals surface area contributed by atoms with Gasteiger partial charge in [-0.25, -0.2) is 9.07 Å². The molecule has 2 aromatic carbocycles. The second kappa shape index (κ2) is 6.62. The summed E-state index contributed by atoms with van der Waals surface area (Å²) < 4.78 is 15.3. The van der Waals surface area contributed by atoms with Crippen LogP contribution in [0.3, 0.4) is 0 Å². The number of benzene rings is 2. The van der Waals surface area contributed by atoms with Crippen LogP contribution < -0.4 is 5.32 Å². The van der Waals surface area contributed by atoms with Crippen LogP contribution in [0.1, 0.15) is 27.2 Å². The normalized spacial score (nSPS) is 10.6. The molecule has 3 rings (SSSR count). The Morgan fingerprint density at radius 3 is 2.71 bits per heavy atom. The van der Waals surface area contributed by atoms with Crippen molar-refractivity contribution in [2.45, 2.75) is 20.4 Å². The number of amides is 1. The molecule has 1 amide bonds. The van der Waals surface area contributed by atoms with Crippen molar-refractivity contribution in [2.24, 2.45) is 0 Å². The SMILES string of the molecule is Cc1cccc(C(=O)Nc2nnn(Cc3ccccc3F)c2C)c1. The maximum atomic E-state index is 13.8. The summed E-state index contributed by atoms with van der Waals surface area (Å²) in [5, 5.41) is 10.7. The number of nitrogens with zero attached hydrogens (tertiary/aromatic N) is 3. The maximum absolute atomic E-state index is 13.8. The molecule has 6 heteroatoms. The third-order valence-corrected chi connectivity index (χ3v) is 3.77.